The zero-order chi connectivity index (χ0) is 12.0. The second kappa shape index (κ2) is 7.09. The number of nitrogens with one attached hydrogen (secondary N) is 2. The van der Waals surface area contributed by atoms with Crippen LogP contribution in [-0.4, -0.2) is 19.1 Å². The molecule has 0 saturated heterocycles. The van der Waals surface area contributed by atoms with Crippen molar-refractivity contribution in [3.05, 3.63) is 22.6 Å². The monoisotopic (exact) mass is 288 g/mol. The van der Waals surface area contributed by atoms with E-state index in [1.807, 2.05) is 12.1 Å². The summed E-state index contributed by atoms with van der Waals surface area (Å²) in [5.41, 5.74) is 0. The third kappa shape index (κ3) is 5.68. The number of halogens is 1. The van der Waals surface area contributed by atoms with Gasteiger partial charge in [-0.2, -0.15) is 0 Å². The van der Waals surface area contributed by atoms with Crippen LogP contribution in [0.15, 0.2) is 21.2 Å². The Bertz CT molecular complexity index is 299. The first-order chi connectivity index (χ1) is 7.58. The van der Waals surface area contributed by atoms with Crippen molar-refractivity contribution in [2.45, 2.75) is 33.4 Å². The molecule has 4 heteroatoms. The average molecular weight is 289 g/mol. The fourth-order valence-electron chi connectivity index (χ4n) is 1.38. The smallest absolute Gasteiger partial charge is 0.169 e. The van der Waals surface area contributed by atoms with Crippen LogP contribution in [0.1, 0.15) is 26.5 Å². The molecule has 0 spiro atoms. The van der Waals surface area contributed by atoms with E-state index in [0.29, 0.717) is 12.0 Å². The van der Waals surface area contributed by atoms with Crippen LogP contribution in [-0.2, 0) is 6.54 Å². The molecule has 0 aliphatic rings. The van der Waals surface area contributed by atoms with Crippen molar-refractivity contribution in [2.24, 2.45) is 5.92 Å². The Balaban J connectivity index is 2.12. The Morgan fingerprint density at radius 3 is 2.56 bits per heavy atom. The summed E-state index contributed by atoms with van der Waals surface area (Å²) in [7, 11) is 0. The lowest BCUT2D eigenvalue weighted by molar-refractivity contribution is 0.425. The molecule has 0 aliphatic heterocycles. The third-order valence-corrected chi connectivity index (χ3v) is 2.68. The quantitative estimate of drug-likeness (QED) is 0.810. The topological polar surface area (TPSA) is 37.2 Å². The van der Waals surface area contributed by atoms with E-state index in [1.165, 1.54) is 0 Å². The van der Waals surface area contributed by atoms with E-state index in [-0.39, 0.29) is 0 Å². The van der Waals surface area contributed by atoms with Crippen molar-refractivity contribution in [3.8, 4) is 0 Å². The van der Waals surface area contributed by atoms with Gasteiger partial charge in [-0.05, 0) is 47.4 Å². The zero-order valence-electron chi connectivity index (χ0n) is 10.2. The second-order valence-corrected chi connectivity index (χ2v) is 5.32. The maximum absolute atomic E-state index is 5.41. The van der Waals surface area contributed by atoms with Crippen LogP contribution >= 0.6 is 15.9 Å². The standard InChI is InChI=1S/C12H21BrN2O/c1-9(2)6-14-7-10(3)15-8-11-4-5-12(13)16-11/h4-5,9-10,14-15H,6-8H2,1-3H3. The van der Waals surface area contributed by atoms with Crippen LogP contribution in [0.3, 0.4) is 0 Å². The van der Waals surface area contributed by atoms with Crippen molar-refractivity contribution < 1.29 is 4.42 Å². The molecule has 0 amide bonds. The molecule has 3 nitrogen and oxygen atoms in total. The van der Waals surface area contributed by atoms with Crippen molar-refractivity contribution in [3.63, 3.8) is 0 Å². The number of hydrogen-bond donors (Lipinski definition) is 2. The van der Waals surface area contributed by atoms with Crippen LogP contribution in [0, 0.1) is 5.92 Å². The van der Waals surface area contributed by atoms with Gasteiger partial charge in [-0.3, -0.25) is 0 Å². The molecule has 1 aromatic rings. The highest BCUT2D eigenvalue weighted by Gasteiger charge is 2.04. The van der Waals surface area contributed by atoms with Crippen molar-refractivity contribution in [2.75, 3.05) is 13.1 Å². The van der Waals surface area contributed by atoms with Gasteiger partial charge in [-0.25, -0.2) is 0 Å². The van der Waals surface area contributed by atoms with Gasteiger partial charge in [-0.15, -0.1) is 0 Å². The molecule has 92 valence electrons. The molecular weight excluding hydrogens is 268 g/mol. The number of rotatable bonds is 7. The van der Waals surface area contributed by atoms with Gasteiger partial charge in [-0.1, -0.05) is 13.8 Å². The van der Waals surface area contributed by atoms with Gasteiger partial charge in [0, 0.05) is 12.6 Å². The van der Waals surface area contributed by atoms with E-state index < -0.39 is 0 Å². The lowest BCUT2D eigenvalue weighted by Gasteiger charge is -2.14. The van der Waals surface area contributed by atoms with Crippen LogP contribution in [0.4, 0.5) is 0 Å². The van der Waals surface area contributed by atoms with E-state index in [1.54, 1.807) is 0 Å². The van der Waals surface area contributed by atoms with Gasteiger partial charge in [0.1, 0.15) is 5.76 Å². The molecule has 0 aliphatic carbocycles. The van der Waals surface area contributed by atoms with Gasteiger partial charge in [0.2, 0.25) is 0 Å². The molecule has 0 bridgehead atoms. The van der Waals surface area contributed by atoms with E-state index in [0.717, 1.165) is 30.1 Å². The van der Waals surface area contributed by atoms with Gasteiger partial charge in [0.05, 0.1) is 6.54 Å². The first-order valence-corrected chi connectivity index (χ1v) is 6.55. The molecule has 1 rings (SSSR count). The van der Waals surface area contributed by atoms with Crippen molar-refractivity contribution in [1.29, 1.82) is 0 Å². The lowest BCUT2D eigenvalue weighted by atomic mass is 10.2. The van der Waals surface area contributed by atoms with Gasteiger partial charge in [0.15, 0.2) is 4.67 Å². The predicted octanol–water partition coefficient (Wildman–Crippen LogP) is 2.77. The maximum Gasteiger partial charge on any atom is 0.169 e. The zero-order valence-corrected chi connectivity index (χ0v) is 11.8. The summed E-state index contributed by atoms with van der Waals surface area (Å²) in [6.07, 6.45) is 0. The van der Waals surface area contributed by atoms with E-state index in [4.69, 9.17) is 4.42 Å². The second-order valence-electron chi connectivity index (χ2n) is 4.54. The van der Waals surface area contributed by atoms with Crippen molar-refractivity contribution >= 4 is 15.9 Å². The average Bonchev–Trinajstić information content (AvgIpc) is 2.61. The van der Waals surface area contributed by atoms with E-state index in [9.17, 15) is 0 Å². The van der Waals surface area contributed by atoms with Gasteiger partial charge in [0.25, 0.3) is 0 Å². The Morgan fingerprint density at radius 1 is 1.25 bits per heavy atom. The Labute approximate surface area is 106 Å². The molecule has 0 radical (unpaired) electrons. The van der Waals surface area contributed by atoms with E-state index in [2.05, 4.69) is 47.3 Å². The van der Waals surface area contributed by atoms with Gasteiger partial charge < -0.3 is 15.1 Å². The molecule has 1 heterocycles. The molecule has 1 atom stereocenters. The summed E-state index contributed by atoms with van der Waals surface area (Å²) in [4.78, 5) is 0. The molecule has 16 heavy (non-hydrogen) atoms. The maximum atomic E-state index is 5.41. The number of furan rings is 1. The molecule has 1 unspecified atom stereocenters. The van der Waals surface area contributed by atoms with Crippen LogP contribution in [0.25, 0.3) is 0 Å². The van der Waals surface area contributed by atoms with Crippen molar-refractivity contribution in [1.82, 2.24) is 10.6 Å². The Hall–Kier alpha value is -0.320. The predicted molar refractivity (Wildman–Crippen MR) is 70.4 cm³/mol. The van der Waals surface area contributed by atoms with Crippen LogP contribution in [0.2, 0.25) is 0 Å². The first kappa shape index (κ1) is 13.7. The molecule has 0 saturated carbocycles. The minimum atomic E-state index is 0.447. The fraction of sp³-hybridized carbons (Fsp3) is 0.667. The lowest BCUT2D eigenvalue weighted by Crippen LogP contribution is -2.37. The Morgan fingerprint density at radius 2 is 2.00 bits per heavy atom. The number of hydrogen-bond acceptors (Lipinski definition) is 3. The van der Waals surface area contributed by atoms with Crippen LogP contribution in [0.5, 0.6) is 0 Å². The van der Waals surface area contributed by atoms with Crippen LogP contribution < -0.4 is 10.6 Å². The largest absolute Gasteiger partial charge is 0.453 e. The van der Waals surface area contributed by atoms with E-state index >= 15 is 0 Å². The Kier molecular flexibility index (Phi) is 6.09. The SMILES string of the molecule is CC(C)CNCC(C)NCc1ccc(Br)o1. The minimum absolute atomic E-state index is 0.447. The molecular formula is C12H21BrN2O. The highest BCUT2D eigenvalue weighted by Crippen LogP contribution is 2.13. The summed E-state index contributed by atoms with van der Waals surface area (Å²) < 4.78 is 6.20. The highest BCUT2D eigenvalue weighted by atomic mass is 79.9. The summed E-state index contributed by atoms with van der Waals surface area (Å²) in [5, 5.41) is 6.83. The summed E-state index contributed by atoms with van der Waals surface area (Å²) in [6, 6.07) is 4.34. The first-order valence-electron chi connectivity index (χ1n) is 5.76. The molecule has 0 fully saturated rings. The third-order valence-electron chi connectivity index (χ3n) is 2.26. The minimum Gasteiger partial charge on any atom is -0.453 e. The van der Waals surface area contributed by atoms with Gasteiger partial charge >= 0.3 is 0 Å². The molecule has 0 aromatic carbocycles. The summed E-state index contributed by atoms with van der Waals surface area (Å²) >= 11 is 3.29. The summed E-state index contributed by atoms with van der Waals surface area (Å²) in [5.74, 6) is 1.66. The summed E-state index contributed by atoms with van der Waals surface area (Å²) in [6.45, 7) is 9.43. The fourth-order valence-corrected chi connectivity index (χ4v) is 1.72. The molecule has 2 N–H and O–H groups in total. The molecule has 1 aromatic heterocycles. The highest BCUT2D eigenvalue weighted by molar-refractivity contribution is 9.10. The normalized spacial score (nSPS) is 13.3.